The molecule has 1 aromatic rings. The molecule has 0 bridgehead atoms. The van der Waals surface area contributed by atoms with Crippen molar-refractivity contribution in [1.29, 1.82) is 0 Å². The highest BCUT2D eigenvalue weighted by Crippen LogP contribution is 2.29. The van der Waals surface area contributed by atoms with Crippen molar-refractivity contribution >= 4 is 11.3 Å². The highest BCUT2D eigenvalue weighted by Gasteiger charge is 2.23. The van der Waals surface area contributed by atoms with Crippen molar-refractivity contribution in [2.75, 3.05) is 32.9 Å². The van der Waals surface area contributed by atoms with Crippen LogP contribution in [0.3, 0.4) is 0 Å². The molecule has 0 radical (unpaired) electrons. The smallest absolute Gasteiger partial charge is 0.110 e. The van der Waals surface area contributed by atoms with Crippen LogP contribution in [0.2, 0.25) is 0 Å². The zero-order chi connectivity index (χ0) is 10.7. The molecule has 0 amide bonds. The molecule has 84 valence electrons. The second kappa shape index (κ2) is 5.05. The number of alkyl halides is 1. The first-order valence-corrected chi connectivity index (χ1v) is 6.25. The Morgan fingerprint density at radius 3 is 2.80 bits per heavy atom. The normalized spacial score (nSPS) is 20.4. The van der Waals surface area contributed by atoms with E-state index in [1.54, 1.807) is 11.3 Å². The monoisotopic (exact) mass is 228 g/mol. The largest absolute Gasteiger partial charge is 0.314 e. The van der Waals surface area contributed by atoms with E-state index in [-0.39, 0.29) is 12.7 Å². The maximum Gasteiger partial charge on any atom is 0.110 e. The third-order valence-electron chi connectivity index (χ3n) is 2.94. The van der Waals surface area contributed by atoms with E-state index in [2.05, 4.69) is 28.6 Å². The number of aryl methyl sites for hydroxylation is 1. The molecule has 15 heavy (non-hydrogen) atoms. The minimum atomic E-state index is -0.276. The Balaban J connectivity index is 2.12. The summed E-state index contributed by atoms with van der Waals surface area (Å²) in [6.45, 7) is 5.64. The van der Waals surface area contributed by atoms with Gasteiger partial charge in [0.15, 0.2) is 0 Å². The Bertz CT molecular complexity index is 307. The van der Waals surface area contributed by atoms with Crippen LogP contribution in [0.15, 0.2) is 11.4 Å². The fraction of sp³-hybridized carbons (Fsp3) is 0.636. The molecule has 4 heteroatoms. The predicted molar refractivity (Wildman–Crippen MR) is 62.2 cm³/mol. The Kier molecular flexibility index (Phi) is 3.72. The average molecular weight is 228 g/mol. The maximum absolute atomic E-state index is 13.1. The van der Waals surface area contributed by atoms with Crippen molar-refractivity contribution in [2.24, 2.45) is 0 Å². The number of piperazine rings is 1. The van der Waals surface area contributed by atoms with Crippen LogP contribution in [-0.4, -0.2) is 37.8 Å². The van der Waals surface area contributed by atoms with Crippen molar-refractivity contribution in [3.05, 3.63) is 21.9 Å². The summed E-state index contributed by atoms with van der Waals surface area (Å²) in [6.07, 6.45) is 0. The molecule has 2 rings (SSSR count). The molecular formula is C11H17FN2S. The van der Waals surface area contributed by atoms with Gasteiger partial charge in [0.1, 0.15) is 6.67 Å². The third kappa shape index (κ3) is 2.38. The van der Waals surface area contributed by atoms with Crippen LogP contribution in [0.5, 0.6) is 0 Å². The molecular weight excluding hydrogens is 211 g/mol. The van der Waals surface area contributed by atoms with Gasteiger partial charge >= 0.3 is 0 Å². The molecule has 0 aliphatic carbocycles. The van der Waals surface area contributed by atoms with Crippen LogP contribution in [0.1, 0.15) is 16.5 Å². The number of halogens is 1. The summed E-state index contributed by atoms with van der Waals surface area (Å²) in [4.78, 5) is 3.44. The Morgan fingerprint density at radius 2 is 2.27 bits per heavy atom. The van der Waals surface area contributed by atoms with Gasteiger partial charge in [-0.3, -0.25) is 4.90 Å². The summed E-state index contributed by atoms with van der Waals surface area (Å²) in [5, 5.41) is 5.34. The van der Waals surface area contributed by atoms with Crippen molar-refractivity contribution in [2.45, 2.75) is 13.0 Å². The molecule has 1 aliphatic heterocycles. The van der Waals surface area contributed by atoms with Gasteiger partial charge < -0.3 is 5.32 Å². The van der Waals surface area contributed by atoms with Gasteiger partial charge in [-0.2, -0.15) is 0 Å². The first-order valence-electron chi connectivity index (χ1n) is 5.37. The van der Waals surface area contributed by atoms with E-state index < -0.39 is 0 Å². The molecule has 0 spiro atoms. The minimum Gasteiger partial charge on any atom is -0.314 e. The number of rotatable bonds is 3. The van der Waals surface area contributed by atoms with Crippen molar-refractivity contribution < 1.29 is 4.39 Å². The number of hydrogen-bond acceptors (Lipinski definition) is 3. The van der Waals surface area contributed by atoms with Crippen molar-refractivity contribution in [3.8, 4) is 0 Å². The lowest BCUT2D eigenvalue weighted by molar-refractivity contribution is 0.149. The average Bonchev–Trinajstić information content (AvgIpc) is 2.68. The van der Waals surface area contributed by atoms with E-state index in [4.69, 9.17) is 0 Å². The lowest BCUT2D eigenvalue weighted by atomic mass is 10.1. The Morgan fingerprint density at radius 1 is 1.53 bits per heavy atom. The highest BCUT2D eigenvalue weighted by molar-refractivity contribution is 7.10. The van der Waals surface area contributed by atoms with Crippen LogP contribution in [0.25, 0.3) is 0 Å². The quantitative estimate of drug-likeness (QED) is 0.851. The molecule has 2 heterocycles. The van der Waals surface area contributed by atoms with E-state index in [0.717, 1.165) is 26.2 Å². The zero-order valence-corrected chi connectivity index (χ0v) is 9.82. The van der Waals surface area contributed by atoms with Crippen molar-refractivity contribution in [1.82, 2.24) is 10.2 Å². The zero-order valence-electron chi connectivity index (χ0n) is 9.00. The Hall–Kier alpha value is -0.450. The molecule has 1 atom stereocenters. The molecule has 1 N–H and O–H groups in total. The van der Waals surface area contributed by atoms with Gasteiger partial charge in [-0.15, -0.1) is 11.3 Å². The van der Waals surface area contributed by atoms with Crippen LogP contribution < -0.4 is 5.32 Å². The van der Waals surface area contributed by atoms with E-state index in [1.165, 1.54) is 10.4 Å². The van der Waals surface area contributed by atoms with Crippen LogP contribution >= 0.6 is 11.3 Å². The standard InChI is InChI=1S/C11H17FN2S/c1-9-2-7-15-11(9)10(8-12)14-5-3-13-4-6-14/h2,7,10,13H,3-6,8H2,1H3/t10-/m1/s1. The SMILES string of the molecule is Cc1ccsc1[C@@H](CF)N1CCNCC1. The predicted octanol–water partition coefficient (Wildman–Crippen LogP) is 1.97. The number of nitrogens with one attached hydrogen (secondary N) is 1. The topological polar surface area (TPSA) is 15.3 Å². The third-order valence-corrected chi connectivity index (χ3v) is 4.06. The van der Waals surface area contributed by atoms with Gasteiger partial charge in [0.2, 0.25) is 0 Å². The van der Waals surface area contributed by atoms with Gasteiger partial charge in [-0.25, -0.2) is 4.39 Å². The maximum atomic E-state index is 13.1. The lowest BCUT2D eigenvalue weighted by Crippen LogP contribution is -2.45. The molecule has 0 saturated carbocycles. The van der Waals surface area contributed by atoms with Crippen LogP contribution in [0.4, 0.5) is 4.39 Å². The van der Waals surface area contributed by atoms with Crippen LogP contribution in [0, 0.1) is 6.92 Å². The van der Waals surface area contributed by atoms with Gasteiger partial charge in [-0.05, 0) is 23.9 Å². The van der Waals surface area contributed by atoms with Gasteiger partial charge in [0.25, 0.3) is 0 Å². The molecule has 1 fully saturated rings. The van der Waals surface area contributed by atoms with Crippen molar-refractivity contribution in [3.63, 3.8) is 0 Å². The summed E-state index contributed by atoms with van der Waals surface area (Å²) < 4.78 is 13.1. The molecule has 2 nitrogen and oxygen atoms in total. The first-order chi connectivity index (χ1) is 7.33. The van der Waals surface area contributed by atoms with Crippen LogP contribution in [-0.2, 0) is 0 Å². The summed E-state index contributed by atoms with van der Waals surface area (Å²) in [6, 6.07) is 2.05. The molecule has 1 aromatic heterocycles. The van der Waals surface area contributed by atoms with E-state index in [0.29, 0.717) is 0 Å². The molecule has 0 aromatic carbocycles. The van der Waals surface area contributed by atoms with Gasteiger partial charge in [0.05, 0.1) is 6.04 Å². The van der Waals surface area contributed by atoms with E-state index >= 15 is 0 Å². The summed E-state index contributed by atoms with van der Waals surface area (Å²) in [5.74, 6) is 0. The molecule has 1 aliphatic rings. The summed E-state index contributed by atoms with van der Waals surface area (Å²) >= 11 is 1.67. The van der Waals surface area contributed by atoms with Gasteiger partial charge in [-0.1, -0.05) is 0 Å². The Labute approximate surface area is 94.1 Å². The van der Waals surface area contributed by atoms with E-state index in [9.17, 15) is 4.39 Å². The minimum absolute atomic E-state index is 0.0212. The second-order valence-electron chi connectivity index (χ2n) is 3.92. The second-order valence-corrected chi connectivity index (χ2v) is 4.87. The fourth-order valence-corrected chi connectivity index (χ4v) is 3.09. The highest BCUT2D eigenvalue weighted by atomic mass is 32.1. The number of thiophene rings is 1. The van der Waals surface area contributed by atoms with E-state index in [1.807, 2.05) is 0 Å². The summed E-state index contributed by atoms with van der Waals surface area (Å²) in [5.41, 5.74) is 1.22. The first kappa shape index (κ1) is 11.0. The fourth-order valence-electron chi connectivity index (χ4n) is 2.05. The van der Waals surface area contributed by atoms with Gasteiger partial charge in [0, 0.05) is 31.1 Å². The molecule has 1 saturated heterocycles. The lowest BCUT2D eigenvalue weighted by Gasteiger charge is -2.33. The number of hydrogen-bond donors (Lipinski definition) is 1. The molecule has 0 unspecified atom stereocenters. The summed E-state index contributed by atoms with van der Waals surface area (Å²) in [7, 11) is 0. The number of nitrogens with zero attached hydrogens (tertiary/aromatic N) is 1.